The Bertz CT molecular complexity index is 1360. The standard InChI is InChI=1S/C24H23ClN6O3/c1-34-20-10-15(11-22(33)30-9-7-16(32)14-30)5-6-18(20)28-24-27-12-17(25)23(29-24)19-13-26-21-4-2-3-8-31(19)21/h2-6,8,10,12-13,16,32H,7,9,11,14H2,1H3,(H,27,28,29)/t16-/m0/s1. The van der Waals surface area contributed by atoms with Crippen molar-refractivity contribution >= 4 is 34.8 Å². The van der Waals surface area contributed by atoms with E-state index < -0.39 is 6.10 Å². The predicted octanol–water partition coefficient (Wildman–Crippen LogP) is 3.33. The molecular formula is C24H23ClN6O3. The molecule has 0 aliphatic carbocycles. The van der Waals surface area contributed by atoms with Crippen LogP contribution in [0.3, 0.4) is 0 Å². The lowest BCUT2D eigenvalue weighted by Crippen LogP contribution is -2.30. The van der Waals surface area contributed by atoms with Gasteiger partial charge in [-0.15, -0.1) is 0 Å². The number of aliphatic hydroxyl groups excluding tert-OH is 1. The number of halogens is 1. The molecule has 4 aromatic rings. The van der Waals surface area contributed by atoms with Crippen LogP contribution in [0, 0.1) is 0 Å². The second-order valence-electron chi connectivity index (χ2n) is 8.08. The average Bonchev–Trinajstić information content (AvgIpc) is 3.47. The molecule has 0 saturated carbocycles. The number of carbonyl (C=O) groups excluding carboxylic acids is 1. The lowest BCUT2D eigenvalue weighted by atomic mass is 10.1. The number of β-amino-alcohol motifs (C(OH)–C–C–N with tert-alkyl or cyclic N) is 1. The summed E-state index contributed by atoms with van der Waals surface area (Å²) in [5.41, 5.74) is 3.56. The topological polar surface area (TPSA) is 105 Å². The number of nitrogens with one attached hydrogen (secondary N) is 1. The highest BCUT2D eigenvalue weighted by molar-refractivity contribution is 6.32. The van der Waals surface area contributed by atoms with E-state index in [1.807, 2.05) is 47.0 Å². The predicted molar refractivity (Wildman–Crippen MR) is 128 cm³/mol. The van der Waals surface area contributed by atoms with E-state index in [4.69, 9.17) is 16.3 Å². The molecule has 3 aromatic heterocycles. The van der Waals surface area contributed by atoms with Gasteiger partial charge in [-0.05, 0) is 36.2 Å². The normalized spacial score (nSPS) is 15.6. The third-order valence-electron chi connectivity index (χ3n) is 5.79. The van der Waals surface area contributed by atoms with Crippen LogP contribution in [0.2, 0.25) is 5.02 Å². The van der Waals surface area contributed by atoms with E-state index in [0.29, 0.717) is 47.6 Å². The van der Waals surface area contributed by atoms with Gasteiger partial charge in [0.2, 0.25) is 11.9 Å². The number of hydrogen-bond donors (Lipinski definition) is 2. The van der Waals surface area contributed by atoms with Gasteiger partial charge in [0.25, 0.3) is 0 Å². The molecule has 1 atom stereocenters. The minimum Gasteiger partial charge on any atom is -0.495 e. The Labute approximate surface area is 201 Å². The molecule has 0 spiro atoms. The number of methoxy groups -OCH3 is 1. The van der Waals surface area contributed by atoms with Gasteiger partial charge in [-0.3, -0.25) is 9.20 Å². The van der Waals surface area contributed by atoms with Crippen molar-refractivity contribution in [2.75, 3.05) is 25.5 Å². The molecule has 1 fully saturated rings. The van der Waals surface area contributed by atoms with Crippen molar-refractivity contribution in [3.63, 3.8) is 0 Å². The van der Waals surface area contributed by atoms with Gasteiger partial charge in [-0.25, -0.2) is 15.0 Å². The Morgan fingerprint density at radius 2 is 2.15 bits per heavy atom. The van der Waals surface area contributed by atoms with Gasteiger partial charge in [-0.2, -0.15) is 0 Å². The van der Waals surface area contributed by atoms with Gasteiger partial charge in [0, 0.05) is 19.3 Å². The number of nitrogens with zero attached hydrogens (tertiary/aromatic N) is 5. The number of hydrogen-bond acceptors (Lipinski definition) is 7. The van der Waals surface area contributed by atoms with Crippen LogP contribution in [0.25, 0.3) is 17.0 Å². The number of amides is 1. The molecule has 2 N–H and O–H groups in total. The molecule has 34 heavy (non-hydrogen) atoms. The van der Waals surface area contributed by atoms with E-state index in [9.17, 15) is 9.90 Å². The Kier molecular flexibility index (Phi) is 6.04. The number of imidazole rings is 1. The summed E-state index contributed by atoms with van der Waals surface area (Å²) in [6.45, 7) is 0.970. The highest BCUT2D eigenvalue weighted by Crippen LogP contribution is 2.31. The number of rotatable bonds is 6. The van der Waals surface area contributed by atoms with Gasteiger partial charge in [0.05, 0.1) is 48.4 Å². The number of aromatic nitrogens is 4. The molecule has 9 nitrogen and oxygen atoms in total. The molecular weight excluding hydrogens is 456 g/mol. The van der Waals surface area contributed by atoms with E-state index in [-0.39, 0.29) is 12.3 Å². The van der Waals surface area contributed by atoms with Gasteiger partial charge >= 0.3 is 0 Å². The average molecular weight is 479 g/mol. The maximum absolute atomic E-state index is 12.5. The first-order valence-electron chi connectivity index (χ1n) is 10.9. The summed E-state index contributed by atoms with van der Waals surface area (Å²) in [7, 11) is 1.56. The fourth-order valence-corrected chi connectivity index (χ4v) is 4.23. The highest BCUT2D eigenvalue weighted by Gasteiger charge is 2.24. The molecule has 10 heteroatoms. The first-order chi connectivity index (χ1) is 16.5. The lowest BCUT2D eigenvalue weighted by molar-refractivity contribution is -0.129. The Balaban J connectivity index is 1.38. The zero-order valence-corrected chi connectivity index (χ0v) is 19.2. The molecule has 174 valence electrons. The van der Waals surface area contributed by atoms with Crippen molar-refractivity contribution < 1.29 is 14.6 Å². The van der Waals surface area contributed by atoms with Crippen LogP contribution in [0.5, 0.6) is 5.75 Å². The van der Waals surface area contributed by atoms with Crippen LogP contribution in [0.4, 0.5) is 11.6 Å². The van der Waals surface area contributed by atoms with Gasteiger partial charge in [0.1, 0.15) is 17.1 Å². The lowest BCUT2D eigenvalue weighted by Gasteiger charge is -2.16. The quantitative estimate of drug-likeness (QED) is 0.438. The molecule has 5 rings (SSSR count). The second-order valence-corrected chi connectivity index (χ2v) is 8.49. The summed E-state index contributed by atoms with van der Waals surface area (Å²) in [5, 5.41) is 13.3. The molecule has 0 unspecified atom stereocenters. The SMILES string of the molecule is COc1cc(CC(=O)N2CC[C@H](O)C2)ccc1Nc1ncc(Cl)c(-c2cnc3ccccn23)n1. The van der Waals surface area contributed by atoms with E-state index in [1.54, 1.807) is 24.4 Å². The summed E-state index contributed by atoms with van der Waals surface area (Å²) in [6.07, 6.45) is 5.58. The molecule has 4 heterocycles. The third-order valence-corrected chi connectivity index (χ3v) is 6.06. The van der Waals surface area contributed by atoms with Crippen molar-refractivity contribution in [2.24, 2.45) is 0 Å². The molecule has 0 radical (unpaired) electrons. The Morgan fingerprint density at radius 3 is 2.94 bits per heavy atom. The minimum atomic E-state index is -0.435. The number of likely N-dealkylation sites (tertiary alicyclic amines) is 1. The molecule has 1 aliphatic heterocycles. The number of anilines is 2. The molecule has 1 aliphatic rings. The maximum atomic E-state index is 12.5. The van der Waals surface area contributed by atoms with Gasteiger partial charge < -0.3 is 20.1 Å². The number of fused-ring (bicyclic) bond motifs is 1. The van der Waals surface area contributed by atoms with Crippen molar-refractivity contribution in [1.82, 2.24) is 24.3 Å². The van der Waals surface area contributed by atoms with Crippen molar-refractivity contribution in [3.05, 3.63) is 65.6 Å². The number of pyridine rings is 1. The monoisotopic (exact) mass is 478 g/mol. The fourth-order valence-electron chi connectivity index (χ4n) is 4.04. The Morgan fingerprint density at radius 1 is 1.26 bits per heavy atom. The van der Waals surface area contributed by atoms with Crippen LogP contribution < -0.4 is 10.1 Å². The third kappa shape index (κ3) is 4.40. The van der Waals surface area contributed by atoms with Crippen LogP contribution in [-0.4, -0.2) is 61.6 Å². The van der Waals surface area contributed by atoms with Crippen LogP contribution in [-0.2, 0) is 11.2 Å². The number of ether oxygens (including phenoxy) is 1. The first-order valence-corrected chi connectivity index (χ1v) is 11.2. The Hall–Kier alpha value is -3.69. The molecule has 1 saturated heterocycles. The maximum Gasteiger partial charge on any atom is 0.227 e. The minimum absolute atomic E-state index is 0.0157. The number of benzene rings is 1. The zero-order chi connectivity index (χ0) is 23.7. The summed E-state index contributed by atoms with van der Waals surface area (Å²) in [6, 6.07) is 11.2. The van der Waals surface area contributed by atoms with E-state index in [0.717, 1.165) is 16.9 Å². The van der Waals surface area contributed by atoms with Crippen LogP contribution in [0.15, 0.2) is 55.0 Å². The van der Waals surface area contributed by atoms with Crippen molar-refractivity contribution in [2.45, 2.75) is 18.9 Å². The molecule has 1 aromatic carbocycles. The number of carbonyl (C=O) groups is 1. The van der Waals surface area contributed by atoms with E-state index >= 15 is 0 Å². The first kappa shape index (κ1) is 22.1. The smallest absolute Gasteiger partial charge is 0.227 e. The number of aliphatic hydroxyl groups is 1. The van der Waals surface area contributed by atoms with E-state index in [1.165, 1.54) is 0 Å². The fraction of sp³-hybridized carbons (Fsp3) is 0.250. The zero-order valence-electron chi connectivity index (χ0n) is 18.5. The van der Waals surface area contributed by atoms with Gasteiger partial charge in [-0.1, -0.05) is 23.7 Å². The van der Waals surface area contributed by atoms with Crippen molar-refractivity contribution in [3.8, 4) is 17.1 Å². The van der Waals surface area contributed by atoms with Crippen molar-refractivity contribution in [1.29, 1.82) is 0 Å². The summed E-state index contributed by atoms with van der Waals surface area (Å²) in [5.74, 6) is 0.887. The summed E-state index contributed by atoms with van der Waals surface area (Å²) >= 11 is 6.41. The summed E-state index contributed by atoms with van der Waals surface area (Å²) in [4.78, 5) is 27.5. The molecule has 1 amide bonds. The second kappa shape index (κ2) is 9.28. The van der Waals surface area contributed by atoms with E-state index in [2.05, 4.69) is 20.3 Å². The van der Waals surface area contributed by atoms with Crippen LogP contribution >= 0.6 is 11.6 Å². The van der Waals surface area contributed by atoms with Gasteiger partial charge in [0.15, 0.2) is 0 Å². The van der Waals surface area contributed by atoms with Crippen LogP contribution in [0.1, 0.15) is 12.0 Å². The molecule has 0 bridgehead atoms. The largest absolute Gasteiger partial charge is 0.495 e. The summed E-state index contributed by atoms with van der Waals surface area (Å²) < 4.78 is 7.45. The highest BCUT2D eigenvalue weighted by atomic mass is 35.5.